The molecule has 1 unspecified atom stereocenters. The van der Waals surface area contributed by atoms with E-state index in [0.717, 1.165) is 32.1 Å². The van der Waals surface area contributed by atoms with Gasteiger partial charge in [-0.1, -0.05) is 55.7 Å². The summed E-state index contributed by atoms with van der Waals surface area (Å²) < 4.78 is 6.08. The first-order valence-electron chi connectivity index (χ1n) is 11.5. The number of carbonyl (C=O) groups excluding carboxylic acids is 2. The topological polar surface area (TPSA) is 70.8 Å². The van der Waals surface area contributed by atoms with Gasteiger partial charge >= 0.3 is 0 Å². The van der Waals surface area contributed by atoms with E-state index in [4.69, 9.17) is 4.42 Å². The molecule has 0 bridgehead atoms. The summed E-state index contributed by atoms with van der Waals surface area (Å²) in [6.07, 6.45) is 6.33. The summed E-state index contributed by atoms with van der Waals surface area (Å²) in [5.74, 6) is -0.667. The fourth-order valence-electron chi connectivity index (χ4n) is 6.00. The lowest BCUT2D eigenvalue weighted by molar-refractivity contribution is -0.127. The molecule has 3 aromatic rings. The predicted molar refractivity (Wildman–Crippen MR) is 125 cm³/mol. The van der Waals surface area contributed by atoms with Gasteiger partial charge in [-0.05, 0) is 31.0 Å². The number of anilines is 1. The minimum Gasteiger partial charge on any atom is -0.450 e. The van der Waals surface area contributed by atoms with Crippen LogP contribution in [0.1, 0.15) is 53.8 Å². The molecule has 33 heavy (non-hydrogen) atoms. The van der Waals surface area contributed by atoms with Crippen molar-refractivity contribution in [3.63, 3.8) is 0 Å². The lowest BCUT2D eigenvalue weighted by Gasteiger charge is -2.41. The van der Waals surface area contributed by atoms with Gasteiger partial charge in [0.2, 0.25) is 5.76 Å². The second-order valence-corrected chi connectivity index (χ2v) is 9.03. The third kappa shape index (κ3) is 2.46. The summed E-state index contributed by atoms with van der Waals surface area (Å²) in [5, 5.41) is 0.376. The lowest BCUT2D eigenvalue weighted by Crippen LogP contribution is -2.57. The molecule has 1 aromatic heterocycles. The van der Waals surface area contributed by atoms with Crippen LogP contribution in [0, 0.1) is 0 Å². The molecule has 166 valence electrons. The summed E-state index contributed by atoms with van der Waals surface area (Å²) in [4.78, 5) is 45.6. The monoisotopic (exact) mass is 440 g/mol. The first-order chi connectivity index (χ1) is 16.1. The third-order valence-corrected chi connectivity index (χ3v) is 7.32. The van der Waals surface area contributed by atoms with E-state index in [2.05, 4.69) is 6.58 Å². The number of para-hydroxylation sites is 2. The molecule has 0 N–H and O–H groups in total. The van der Waals surface area contributed by atoms with Gasteiger partial charge in [-0.2, -0.15) is 0 Å². The molecule has 1 fully saturated rings. The summed E-state index contributed by atoms with van der Waals surface area (Å²) in [6, 6.07) is 14.2. The van der Waals surface area contributed by atoms with E-state index >= 15 is 0 Å². The van der Waals surface area contributed by atoms with Gasteiger partial charge in [-0.25, -0.2) is 0 Å². The van der Waals surface area contributed by atoms with Crippen LogP contribution in [0.4, 0.5) is 5.69 Å². The molecule has 2 aromatic carbocycles. The van der Waals surface area contributed by atoms with Gasteiger partial charge in [-0.3, -0.25) is 14.4 Å². The molecule has 1 spiro atoms. The van der Waals surface area contributed by atoms with Crippen LogP contribution in [0.15, 0.2) is 70.4 Å². The molecule has 2 aliphatic heterocycles. The van der Waals surface area contributed by atoms with E-state index in [1.165, 1.54) is 0 Å². The van der Waals surface area contributed by atoms with Crippen molar-refractivity contribution in [2.45, 2.75) is 43.7 Å². The van der Waals surface area contributed by atoms with Gasteiger partial charge in [0.05, 0.1) is 16.6 Å². The summed E-state index contributed by atoms with van der Waals surface area (Å²) >= 11 is 0. The Morgan fingerprint density at radius 1 is 1.00 bits per heavy atom. The maximum atomic E-state index is 14.3. The molecule has 0 saturated heterocycles. The Bertz CT molecular complexity index is 1380. The van der Waals surface area contributed by atoms with Crippen LogP contribution >= 0.6 is 0 Å². The number of hydrogen-bond acceptors (Lipinski definition) is 4. The van der Waals surface area contributed by atoms with Crippen molar-refractivity contribution >= 4 is 28.5 Å². The van der Waals surface area contributed by atoms with E-state index in [-0.39, 0.29) is 34.6 Å². The fraction of sp³-hybridized carbons (Fsp3) is 0.296. The number of benzene rings is 2. The van der Waals surface area contributed by atoms with Crippen molar-refractivity contribution in [1.82, 2.24) is 4.90 Å². The minimum absolute atomic E-state index is 0.00659. The number of carbonyl (C=O) groups is 2. The van der Waals surface area contributed by atoms with E-state index in [1.807, 2.05) is 24.3 Å². The van der Waals surface area contributed by atoms with Crippen molar-refractivity contribution in [3.05, 3.63) is 88.3 Å². The highest BCUT2D eigenvalue weighted by atomic mass is 16.3. The van der Waals surface area contributed by atoms with Crippen LogP contribution in [0.2, 0.25) is 0 Å². The fourth-order valence-corrected chi connectivity index (χ4v) is 6.00. The molecule has 3 aliphatic rings. The summed E-state index contributed by atoms with van der Waals surface area (Å²) in [7, 11) is 0. The van der Waals surface area contributed by atoms with Gasteiger partial charge < -0.3 is 14.2 Å². The smallest absolute Gasteiger partial charge is 0.291 e. The Kier molecular flexibility index (Phi) is 4.34. The zero-order chi connectivity index (χ0) is 22.7. The van der Waals surface area contributed by atoms with E-state index in [1.54, 1.807) is 40.1 Å². The Hall–Kier alpha value is -3.67. The van der Waals surface area contributed by atoms with Crippen molar-refractivity contribution in [3.8, 4) is 0 Å². The van der Waals surface area contributed by atoms with Crippen molar-refractivity contribution in [1.29, 1.82) is 0 Å². The normalized spacial score (nSPS) is 22.3. The summed E-state index contributed by atoms with van der Waals surface area (Å²) in [6.45, 7) is 4.11. The molecular weight excluding hydrogens is 416 g/mol. The molecule has 1 saturated carbocycles. The average molecular weight is 440 g/mol. The van der Waals surface area contributed by atoms with E-state index in [0.29, 0.717) is 28.8 Å². The van der Waals surface area contributed by atoms with Gasteiger partial charge in [0.1, 0.15) is 5.58 Å². The van der Waals surface area contributed by atoms with Gasteiger partial charge in [0.15, 0.2) is 11.0 Å². The van der Waals surface area contributed by atoms with Crippen LogP contribution in [-0.4, -0.2) is 29.3 Å². The van der Waals surface area contributed by atoms with Crippen LogP contribution in [0.5, 0.6) is 0 Å². The molecule has 6 heteroatoms. The Balaban J connectivity index is 1.73. The van der Waals surface area contributed by atoms with E-state index in [9.17, 15) is 14.4 Å². The molecule has 1 aliphatic carbocycles. The van der Waals surface area contributed by atoms with Crippen molar-refractivity contribution in [2.24, 2.45) is 0 Å². The van der Waals surface area contributed by atoms with Crippen LogP contribution < -0.4 is 10.3 Å². The molecule has 2 amide bonds. The van der Waals surface area contributed by atoms with Crippen LogP contribution in [0.3, 0.4) is 0 Å². The molecule has 6 rings (SSSR count). The van der Waals surface area contributed by atoms with Crippen LogP contribution in [-0.2, 0) is 10.3 Å². The quantitative estimate of drug-likeness (QED) is 0.568. The van der Waals surface area contributed by atoms with Crippen molar-refractivity contribution in [2.75, 3.05) is 11.4 Å². The van der Waals surface area contributed by atoms with Crippen molar-refractivity contribution < 1.29 is 14.0 Å². The Morgan fingerprint density at radius 3 is 2.52 bits per heavy atom. The highest BCUT2D eigenvalue weighted by Gasteiger charge is 2.66. The molecule has 3 heterocycles. The van der Waals surface area contributed by atoms with Gasteiger partial charge in [-0.15, -0.1) is 6.58 Å². The summed E-state index contributed by atoms with van der Waals surface area (Å²) in [5.41, 5.74) is 0.0480. The maximum Gasteiger partial charge on any atom is 0.291 e. The molecule has 1 atom stereocenters. The second kappa shape index (κ2) is 7.17. The molecular formula is C27H24N2O4. The standard InChI is InChI=1S/C27H24N2O4/c1-2-16-28-20-14-8-7-13-19(20)27(26(28)32)22-23(30)18-12-6-9-15-21(18)33-24(22)25(31)29(27)17-10-4-3-5-11-17/h2,6-9,12-15,17H,1,3-5,10-11,16H2. The van der Waals surface area contributed by atoms with Gasteiger partial charge in [0, 0.05) is 18.2 Å². The zero-order valence-electron chi connectivity index (χ0n) is 18.3. The number of hydrogen-bond donors (Lipinski definition) is 0. The highest BCUT2D eigenvalue weighted by molar-refractivity contribution is 6.17. The molecule has 0 radical (unpaired) electrons. The number of nitrogens with zero attached hydrogens (tertiary/aromatic N) is 2. The van der Waals surface area contributed by atoms with Crippen LogP contribution in [0.25, 0.3) is 11.0 Å². The van der Waals surface area contributed by atoms with Gasteiger partial charge in [0.25, 0.3) is 11.8 Å². The Labute approximate surface area is 191 Å². The number of fused-ring (bicyclic) bond motifs is 5. The zero-order valence-corrected chi connectivity index (χ0v) is 18.3. The van der Waals surface area contributed by atoms with E-state index < -0.39 is 5.54 Å². The average Bonchev–Trinajstić information content (AvgIpc) is 3.25. The predicted octanol–water partition coefficient (Wildman–Crippen LogP) is 4.36. The largest absolute Gasteiger partial charge is 0.450 e. The third-order valence-electron chi connectivity index (χ3n) is 7.32. The SMILES string of the molecule is C=CCN1C(=O)C2(c3ccccc31)c1c(oc3ccccc3c1=O)C(=O)N2C1CCCCC1. The molecule has 6 nitrogen and oxygen atoms in total. The first kappa shape index (κ1) is 20.0. The lowest BCUT2D eigenvalue weighted by atomic mass is 9.81. The minimum atomic E-state index is -1.52. The Morgan fingerprint density at radius 2 is 1.73 bits per heavy atom. The highest BCUT2D eigenvalue weighted by Crippen LogP contribution is 2.54. The number of amides is 2. The number of rotatable bonds is 3. The second-order valence-electron chi connectivity index (χ2n) is 9.03. The first-order valence-corrected chi connectivity index (χ1v) is 11.5. The maximum absolute atomic E-state index is 14.3.